The van der Waals surface area contributed by atoms with Crippen LogP contribution < -0.4 is 5.32 Å². The topological polar surface area (TPSA) is 75.6 Å². The first-order chi connectivity index (χ1) is 8.68. The first kappa shape index (κ1) is 13.3. The van der Waals surface area contributed by atoms with Crippen LogP contribution >= 0.6 is 0 Å². The first-order valence-electron chi connectivity index (χ1n) is 6.76. The van der Waals surface area contributed by atoms with Gasteiger partial charge in [-0.25, -0.2) is 0 Å². The van der Waals surface area contributed by atoms with Crippen LogP contribution in [0, 0.1) is 17.8 Å². The van der Waals surface area contributed by atoms with Crippen LogP contribution in [0.2, 0.25) is 0 Å². The minimum atomic E-state index is -0.849. The van der Waals surface area contributed by atoms with Gasteiger partial charge < -0.3 is 15.2 Å². The van der Waals surface area contributed by atoms with Crippen molar-refractivity contribution in [3.63, 3.8) is 0 Å². The summed E-state index contributed by atoms with van der Waals surface area (Å²) >= 11 is 0. The lowest BCUT2D eigenvalue weighted by molar-refractivity contribution is -0.146. The number of carboxylic acids is 1. The molecule has 0 aromatic heterocycles. The van der Waals surface area contributed by atoms with E-state index in [1.165, 1.54) is 12.8 Å². The zero-order valence-corrected chi connectivity index (χ0v) is 10.6. The fourth-order valence-corrected chi connectivity index (χ4v) is 2.48. The van der Waals surface area contributed by atoms with Crippen LogP contribution in [0.1, 0.15) is 32.1 Å². The van der Waals surface area contributed by atoms with Gasteiger partial charge in [0.05, 0.1) is 18.4 Å². The van der Waals surface area contributed by atoms with E-state index >= 15 is 0 Å². The van der Waals surface area contributed by atoms with E-state index in [1.807, 2.05) is 0 Å². The summed E-state index contributed by atoms with van der Waals surface area (Å²) in [6.45, 7) is 1.79. The number of aliphatic carboxylic acids is 1. The molecule has 5 nitrogen and oxygen atoms in total. The molecular weight excluding hydrogens is 234 g/mol. The maximum Gasteiger partial charge on any atom is 0.307 e. The molecule has 102 valence electrons. The Kier molecular flexibility index (Phi) is 4.58. The minimum absolute atomic E-state index is 0.130. The summed E-state index contributed by atoms with van der Waals surface area (Å²) in [4.78, 5) is 22.8. The summed E-state index contributed by atoms with van der Waals surface area (Å²) in [5.41, 5.74) is 0. The van der Waals surface area contributed by atoms with Gasteiger partial charge in [0, 0.05) is 13.2 Å². The summed E-state index contributed by atoms with van der Waals surface area (Å²) < 4.78 is 5.41. The molecule has 0 bridgehead atoms. The van der Waals surface area contributed by atoms with Crippen molar-refractivity contribution in [2.24, 2.45) is 17.8 Å². The monoisotopic (exact) mass is 255 g/mol. The van der Waals surface area contributed by atoms with Gasteiger partial charge in [0.15, 0.2) is 0 Å². The number of nitrogens with one attached hydrogen (secondary N) is 1. The predicted molar refractivity (Wildman–Crippen MR) is 65.0 cm³/mol. The normalized spacial score (nSPS) is 27.1. The summed E-state index contributed by atoms with van der Waals surface area (Å²) in [6, 6.07) is 0. The number of hydrogen-bond acceptors (Lipinski definition) is 3. The van der Waals surface area contributed by atoms with Crippen molar-refractivity contribution in [3.05, 3.63) is 0 Å². The molecule has 0 heterocycles. The molecule has 18 heavy (non-hydrogen) atoms. The standard InChI is InChI=1S/C13H21NO4/c15-12(10-2-1-3-11(10)13(16)17)14-6-7-18-8-9-4-5-9/h9-11H,1-8H2,(H,14,15)(H,16,17). The van der Waals surface area contributed by atoms with Gasteiger partial charge in [0.2, 0.25) is 5.91 Å². The van der Waals surface area contributed by atoms with Crippen LogP contribution in [0.4, 0.5) is 0 Å². The highest BCUT2D eigenvalue weighted by atomic mass is 16.5. The lowest BCUT2D eigenvalue weighted by atomic mass is 9.95. The van der Waals surface area contributed by atoms with Crippen LogP contribution in [0.5, 0.6) is 0 Å². The van der Waals surface area contributed by atoms with Gasteiger partial charge in [-0.2, -0.15) is 0 Å². The van der Waals surface area contributed by atoms with Gasteiger partial charge in [0.1, 0.15) is 0 Å². The van der Waals surface area contributed by atoms with Crippen molar-refractivity contribution in [2.75, 3.05) is 19.8 Å². The Morgan fingerprint density at radius 2 is 1.89 bits per heavy atom. The summed E-state index contributed by atoms with van der Waals surface area (Å²) in [5, 5.41) is 11.8. The third-order valence-corrected chi connectivity index (χ3v) is 3.77. The highest BCUT2D eigenvalue weighted by molar-refractivity contribution is 5.85. The summed E-state index contributed by atoms with van der Waals surface area (Å²) in [6.07, 6.45) is 4.65. The van der Waals surface area contributed by atoms with Gasteiger partial charge in [-0.05, 0) is 31.6 Å². The molecule has 0 saturated heterocycles. The van der Waals surface area contributed by atoms with Crippen molar-refractivity contribution < 1.29 is 19.4 Å². The Labute approximate surface area is 107 Å². The maximum atomic E-state index is 11.8. The van der Waals surface area contributed by atoms with Crippen molar-refractivity contribution in [1.29, 1.82) is 0 Å². The molecule has 1 amide bonds. The average Bonchev–Trinajstić information content (AvgIpc) is 3.02. The van der Waals surface area contributed by atoms with Crippen LogP contribution in [0.3, 0.4) is 0 Å². The fourth-order valence-electron chi connectivity index (χ4n) is 2.48. The predicted octanol–water partition coefficient (Wildman–Crippen LogP) is 1.03. The Morgan fingerprint density at radius 3 is 2.56 bits per heavy atom. The van der Waals surface area contributed by atoms with Gasteiger partial charge >= 0.3 is 5.97 Å². The van der Waals surface area contributed by atoms with Crippen molar-refractivity contribution >= 4 is 11.9 Å². The second-order valence-electron chi connectivity index (χ2n) is 5.29. The van der Waals surface area contributed by atoms with E-state index in [0.29, 0.717) is 26.0 Å². The van der Waals surface area contributed by atoms with E-state index in [9.17, 15) is 9.59 Å². The van der Waals surface area contributed by atoms with Gasteiger partial charge in [0.25, 0.3) is 0 Å². The van der Waals surface area contributed by atoms with Crippen LogP contribution in [-0.2, 0) is 14.3 Å². The lowest BCUT2D eigenvalue weighted by Crippen LogP contribution is -2.36. The van der Waals surface area contributed by atoms with Crippen molar-refractivity contribution in [2.45, 2.75) is 32.1 Å². The van der Waals surface area contributed by atoms with Gasteiger partial charge in [-0.15, -0.1) is 0 Å². The van der Waals surface area contributed by atoms with E-state index in [-0.39, 0.29) is 11.8 Å². The first-order valence-corrected chi connectivity index (χ1v) is 6.76. The maximum absolute atomic E-state index is 11.8. The zero-order valence-electron chi connectivity index (χ0n) is 10.6. The van der Waals surface area contributed by atoms with Crippen molar-refractivity contribution in [1.82, 2.24) is 5.32 Å². The van der Waals surface area contributed by atoms with Crippen LogP contribution in [-0.4, -0.2) is 36.7 Å². The number of carboxylic acid groups (broad SMARTS) is 1. The minimum Gasteiger partial charge on any atom is -0.481 e. The van der Waals surface area contributed by atoms with Gasteiger partial charge in [-0.1, -0.05) is 6.42 Å². The molecule has 2 N–H and O–H groups in total. The molecule has 2 atom stereocenters. The smallest absolute Gasteiger partial charge is 0.307 e. The molecule has 0 aromatic carbocycles. The number of hydrogen-bond donors (Lipinski definition) is 2. The fraction of sp³-hybridized carbons (Fsp3) is 0.846. The Morgan fingerprint density at radius 1 is 1.17 bits per heavy atom. The molecule has 2 fully saturated rings. The van der Waals surface area contributed by atoms with E-state index in [4.69, 9.17) is 9.84 Å². The van der Waals surface area contributed by atoms with Crippen LogP contribution in [0.25, 0.3) is 0 Å². The number of amides is 1. The molecule has 0 spiro atoms. The molecule has 2 rings (SSSR count). The van der Waals surface area contributed by atoms with Crippen molar-refractivity contribution in [3.8, 4) is 0 Å². The average molecular weight is 255 g/mol. The second-order valence-corrected chi connectivity index (χ2v) is 5.29. The highest BCUT2D eigenvalue weighted by Crippen LogP contribution is 2.32. The number of carbonyl (C=O) groups excluding carboxylic acids is 1. The lowest BCUT2D eigenvalue weighted by Gasteiger charge is -2.15. The molecule has 5 heteroatoms. The summed E-state index contributed by atoms with van der Waals surface area (Å²) in [7, 11) is 0. The van der Waals surface area contributed by atoms with Gasteiger partial charge in [-0.3, -0.25) is 9.59 Å². The Hall–Kier alpha value is -1.10. The molecule has 2 aliphatic carbocycles. The third-order valence-electron chi connectivity index (χ3n) is 3.77. The summed E-state index contributed by atoms with van der Waals surface area (Å²) in [5.74, 6) is -1.11. The quantitative estimate of drug-likeness (QED) is 0.666. The molecule has 2 unspecified atom stereocenters. The number of rotatable bonds is 7. The molecule has 0 aliphatic heterocycles. The Bertz CT molecular complexity index is 314. The van der Waals surface area contributed by atoms with E-state index in [2.05, 4.69) is 5.32 Å². The second kappa shape index (κ2) is 6.18. The molecule has 2 aliphatic rings. The zero-order chi connectivity index (χ0) is 13.0. The number of carbonyl (C=O) groups is 2. The SMILES string of the molecule is O=C(O)C1CCCC1C(=O)NCCOCC1CC1. The van der Waals surface area contributed by atoms with E-state index in [1.54, 1.807) is 0 Å². The molecule has 0 radical (unpaired) electrons. The third kappa shape index (κ3) is 3.70. The molecule has 0 aromatic rings. The van der Waals surface area contributed by atoms with E-state index < -0.39 is 11.9 Å². The number of ether oxygens (including phenoxy) is 1. The molecular formula is C13H21NO4. The van der Waals surface area contributed by atoms with Crippen LogP contribution in [0.15, 0.2) is 0 Å². The largest absolute Gasteiger partial charge is 0.481 e. The highest BCUT2D eigenvalue weighted by Gasteiger charge is 2.37. The Balaban J connectivity index is 1.62. The van der Waals surface area contributed by atoms with E-state index in [0.717, 1.165) is 18.9 Å². The molecule has 2 saturated carbocycles.